The summed E-state index contributed by atoms with van der Waals surface area (Å²) < 4.78 is 5.15. The molecule has 0 amide bonds. The van der Waals surface area contributed by atoms with Gasteiger partial charge < -0.3 is 4.74 Å². The summed E-state index contributed by atoms with van der Waals surface area (Å²) in [5.74, 6) is 0.897. The Morgan fingerprint density at radius 2 is 1.81 bits per heavy atom. The first-order valence-electron chi connectivity index (χ1n) is 5.48. The maximum Gasteiger partial charge on any atom is 0.118 e. The van der Waals surface area contributed by atoms with Gasteiger partial charge in [-0.05, 0) is 36.6 Å². The van der Waals surface area contributed by atoms with Gasteiger partial charge in [-0.3, -0.25) is 0 Å². The van der Waals surface area contributed by atoms with Crippen molar-refractivity contribution >= 4 is 5.57 Å². The molecule has 0 unspecified atom stereocenters. The van der Waals surface area contributed by atoms with Crippen LogP contribution in [0.1, 0.15) is 18.9 Å². The summed E-state index contributed by atoms with van der Waals surface area (Å²) in [5.41, 5.74) is 3.86. The van der Waals surface area contributed by atoms with Crippen molar-refractivity contribution in [3.8, 4) is 5.75 Å². The number of rotatable bonds is 2. The van der Waals surface area contributed by atoms with Crippen LogP contribution >= 0.6 is 0 Å². The number of hydrogen-bond acceptors (Lipinski definition) is 1. The summed E-state index contributed by atoms with van der Waals surface area (Å²) in [4.78, 5) is 0. The molecule has 82 valence electrons. The number of allylic oxidation sites excluding steroid dienone is 6. The van der Waals surface area contributed by atoms with Crippen molar-refractivity contribution in [1.29, 1.82) is 0 Å². The number of hydrogen-bond donors (Lipinski definition) is 0. The highest BCUT2D eigenvalue weighted by Crippen LogP contribution is 2.22. The second-order valence-electron chi connectivity index (χ2n) is 3.97. The Morgan fingerprint density at radius 3 is 2.50 bits per heavy atom. The lowest BCUT2D eigenvalue weighted by atomic mass is 10.1. The highest BCUT2D eigenvalue weighted by Gasteiger charge is 2.00. The second-order valence-corrected chi connectivity index (χ2v) is 3.97. The molecule has 0 spiro atoms. The Hall–Kier alpha value is -1.76. The van der Waals surface area contributed by atoms with Gasteiger partial charge in [-0.1, -0.05) is 42.0 Å². The van der Waals surface area contributed by atoms with Crippen LogP contribution in [0.15, 0.2) is 54.1 Å². The van der Waals surface area contributed by atoms with Crippen LogP contribution in [-0.4, -0.2) is 7.11 Å². The molecule has 0 aliphatic heterocycles. The van der Waals surface area contributed by atoms with Crippen LogP contribution in [0.25, 0.3) is 5.57 Å². The van der Waals surface area contributed by atoms with E-state index in [0.29, 0.717) is 0 Å². The average Bonchev–Trinajstić information content (AvgIpc) is 2.54. The molecule has 1 aliphatic carbocycles. The SMILES string of the molecule is COc1ccc(C2=CC=C(C)CC=C2)cc1. The first-order chi connectivity index (χ1) is 7.79. The first-order valence-corrected chi connectivity index (χ1v) is 5.48. The molecule has 0 fully saturated rings. The summed E-state index contributed by atoms with van der Waals surface area (Å²) in [6.45, 7) is 2.15. The number of ether oxygens (including phenoxy) is 1. The molecule has 0 saturated heterocycles. The molecule has 0 saturated carbocycles. The Morgan fingerprint density at radius 1 is 1.06 bits per heavy atom. The predicted octanol–water partition coefficient (Wildman–Crippen LogP) is 3.98. The zero-order chi connectivity index (χ0) is 11.4. The normalized spacial score (nSPS) is 15.1. The summed E-state index contributed by atoms with van der Waals surface area (Å²) in [7, 11) is 1.69. The lowest BCUT2D eigenvalue weighted by Crippen LogP contribution is -1.84. The van der Waals surface area contributed by atoms with E-state index >= 15 is 0 Å². The van der Waals surface area contributed by atoms with Crippen molar-refractivity contribution in [2.24, 2.45) is 0 Å². The molecule has 2 rings (SSSR count). The fourth-order valence-electron chi connectivity index (χ4n) is 1.70. The maximum absolute atomic E-state index is 5.15. The average molecular weight is 212 g/mol. The molecular formula is C15H16O. The molecule has 1 heteroatoms. The summed E-state index contributed by atoms with van der Waals surface area (Å²) >= 11 is 0. The van der Waals surface area contributed by atoms with Gasteiger partial charge in [0.1, 0.15) is 5.75 Å². The smallest absolute Gasteiger partial charge is 0.118 e. The molecule has 0 aromatic heterocycles. The molecule has 1 aromatic carbocycles. The Balaban J connectivity index is 2.30. The van der Waals surface area contributed by atoms with E-state index in [2.05, 4.69) is 43.4 Å². The van der Waals surface area contributed by atoms with Crippen molar-refractivity contribution in [1.82, 2.24) is 0 Å². The molecular weight excluding hydrogens is 196 g/mol. The topological polar surface area (TPSA) is 9.23 Å². The van der Waals surface area contributed by atoms with E-state index < -0.39 is 0 Å². The highest BCUT2D eigenvalue weighted by molar-refractivity contribution is 5.76. The van der Waals surface area contributed by atoms with Gasteiger partial charge in [-0.15, -0.1) is 0 Å². The Bertz CT molecular complexity index is 447. The minimum Gasteiger partial charge on any atom is -0.497 e. The minimum atomic E-state index is 0.897. The first kappa shape index (κ1) is 10.7. The summed E-state index contributed by atoms with van der Waals surface area (Å²) in [6.07, 6.45) is 9.76. The summed E-state index contributed by atoms with van der Waals surface area (Å²) in [6, 6.07) is 8.16. The van der Waals surface area contributed by atoms with Crippen LogP contribution in [0.5, 0.6) is 5.75 Å². The van der Waals surface area contributed by atoms with Crippen LogP contribution in [0, 0.1) is 0 Å². The van der Waals surface area contributed by atoms with Crippen LogP contribution < -0.4 is 4.74 Å². The second kappa shape index (κ2) is 4.84. The van der Waals surface area contributed by atoms with Gasteiger partial charge >= 0.3 is 0 Å². The molecule has 0 radical (unpaired) electrons. The fourth-order valence-corrected chi connectivity index (χ4v) is 1.70. The van der Waals surface area contributed by atoms with Gasteiger partial charge in [-0.2, -0.15) is 0 Å². The minimum absolute atomic E-state index is 0.897. The Kier molecular flexibility index (Phi) is 3.25. The monoisotopic (exact) mass is 212 g/mol. The van der Waals surface area contributed by atoms with Gasteiger partial charge in [-0.25, -0.2) is 0 Å². The third-order valence-electron chi connectivity index (χ3n) is 2.71. The van der Waals surface area contributed by atoms with Crippen LogP contribution in [-0.2, 0) is 0 Å². The lowest BCUT2D eigenvalue weighted by Gasteiger charge is -2.03. The van der Waals surface area contributed by atoms with E-state index in [-0.39, 0.29) is 0 Å². The quantitative estimate of drug-likeness (QED) is 0.720. The molecule has 1 aliphatic rings. The highest BCUT2D eigenvalue weighted by atomic mass is 16.5. The van der Waals surface area contributed by atoms with Crippen LogP contribution in [0.2, 0.25) is 0 Å². The van der Waals surface area contributed by atoms with Crippen molar-refractivity contribution in [2.45, 2.75) is 13.3 Å². The van der Waals surface area contributed by atoms with E-state index in [9.17, 15) is 0 Å². The molecule has 0 bridgehead atoms. The van der Waals surface area contributed by atoms with E-state index in [1.54, 1.807) is 7.11 Å². The molecule has 0 N–H and O–H groups in total. The van der Waals surface area contributed by atoms with Gasteiger partial charge in [0.25, 0.3) is 0 Å². The van der Waals surface area contributed by atoms with E-state index in [0.717, 1.165) is 12.2 Å². The van der Waals surface area contributed by atoms with Crippen molar-refractivity contribution in [3.63, 3.8) is 0 Å². The molecule has 0 heterocycles. The molecule has 1 aromatic rings. The van der Waals surface area contributed by atoms with Gasteiger partial charge in [0, 0.05) is 0 Å². The predicted molar refractivity (Wildman–Crippen MR) is 68.5 cm³/mol. The zero-order valence-corrected chi connectivity index (χ0v) is 9.73. The van der Waals surface area contributed by atoms with Crippen molar-refractivity contribution in [3.05, 3.63) is 59.7 Å². The summed E-state index contributed by atoms with van der Waals surface area (Å²) in [5, 5.41) is 0. The lowest BCUT2D eigenvalue weighted by molar-refractivity contribution is 0.415. The van der Waals surface area contributed by atoms with E-state index in [1.165, 1.54) is 16.7 Å². The fraction of sp³-hybridized carbons (Fsp3) is 0.200. The van der Waals surface area contributed by atoms with E-state index in [4.69, 9.17) is 4.74 Å². The van der Waals surface area contributed by atoms with Crippen molar-refractivity contribution in [2.75, 3.05) is 7.11 Å². The number of benzene rings is 1. The molecule has 16 heavy (non-hydrogen) atoms. The Labute approximate surface area is 96.8 Å². The molecule has 0 atom stereocenters. The zero-order valence-electron chi connectivity index (χ0n) is 9.73. The van der Waals surface area contributed by atoms with E-state index in [1.807, 2.05) is 12.1 Å². The van der Waals surface area contributed by atoms with Gasteiger partial charge in [0.2, 0.25) is 0 Å². The van der Waals surface area contributed by atoms with Crippen LogP contribution in [0.3, 0.4) is 0 Å². The van der Waals surface area contributed by atoms with Gasteiger partial charge in [0.15, 0.2) is 0 Å². The standard InChI is InChI=1S/C15H16O/c1-12-4-3-5-13(7-6-12)14-8-10-15(16-2)11-9-14/h3,5-11H,4H2,1-2H3. The van der Waals surface area contributed by atoms with Crippen LogP contribution in [0.4, 0.5) is 0 Å². The molecule has 1 nitrogen and oxygen atoms in total. The number of methoxy groups -OCH3 is 1. The third-order valence-corrected chi connectivity index (χ3v) is 2.71. The third kappa shape index (κ3) is 2.43. The van der Waals surface area contributed by atoms with Crippen molar-refractivity contribution < 1.29 is 4.74 Å². The van der Waals surface area contributed by atoms with Gasteiger partial charge in [0.05, 0.1) is 7.11 Å². The largest absolute Gasteiger partial charge is 0.497 e. The maximum atomic E-state index is 5.15.